The number of aryl methyl sites for hydroxylation is 1. The third kappa shape index (κ3) is 1.85. The highest BCUT2D eigenvalue weighted by Gasteiger charge is 2.28. The number of benzene rings is 1. The second-order valence-corrected chi connectivity index (χ2v) is 4.18. The zero-order valence-corrected chi connectivity index (χ0v) is 8.75. The van der Waals surface area contributed by atoms with Crippen LogP contribution in [0.4, 0.5) is 8.78 Å². The van der Waals surface area contributed by atoms with Gasteiger partial charge in [0.1, 0.15) is 6.29 Å². The first-order chi connectivity index (χ1) is 7.63. The minimum atomic E-state index is -0.844. The molecule has 4 heteroatoms. The van der Waals surface area contributed by atoms with Gasteiger partial charge >= 0.3 is 0 Å². The number of halogens is 2. The summed E-state index contributed by atoms with van der Waals surface area (Å²) in [7, 11) is 0. The monoisotopic (exact) mass is 225 g/mol. The first-order valence-electron chi connectivity index (χ1n) is 5.30. The molecule has 2 N–H and O–H groups in total. The Morgan fingerprint density at radius 3 is 2.81 bits per heavy atom. The number of hydrogen-bond donors (Lipinski definition) is 1. The molecular formula is C12H13F2NO. The molecular weight excluding hydrogens is 212 g/mol. The number of fused-ring (bicyclic) bond motifs is 1. The van der Waals surface area contributed by atoms with Crippen LogP contribution in [0.3, 0.4) is 0 Å². The molecule has 0 aromatic heterocycles. The van der Waals surface area contributed by atoms with E-state index in [4.69, 9.17) is 5.73 Å². The van der Waals surface area contributed by atoms with Crippen molar-refractivity contribution in [2.75, 3.05) is 0 Å². The van der Waals surface area contributed by atoms with Crippen molar-refractivity contribution < 1.29 is 13.6 Å². The maximum absolute atomic E-state index is 13.1. The van der Waals surface area contributed by atoms with Crippen LogP contribution in [0.2, 0.25) is 0 Å². The number of carbonyl (C=O) groups excluding carboxylic acids is 1. The Kier molecular flexibility index (Phi) is 3.01. The zero-order valence-electron chi connectivity index (χ0n) is 8.75. The van der Waals surface area contributed by atoms with Gasteiger partial charge in [-0.1, -0.05) is 0 Å². The number of aldehydes is 1. The van der Waals surface area contributed by atoms with Gasteiger partial charge in [-0.05, 0) is 36.1 Å². The van der Waals surface area contributed by atoms with Gasteiger partial charge in [0.05, 0.1) is 0 Å². The summed E-state index contributed by atoms with van der Waals surface area (Å²) in [5.74, 6) is -1.69. The van der Waals surface area contributed by atoms with Crippen molar-refractivity contribution in [2.24, 2.45) is 5.73 Å². The SMILES string of the molecule is NC(CC=O)C1CCc2cc(F)c(F)cc21. The smallest absolute Gasteiger partial charge is 0.159 e. The second kappa shape index (κ2) is 4.29. The topological polar surface area (TPSA) is 43.1 Å². The molecule has 0 heterocycles. The van der Waals surface area contributed by atoms with E-state index in [0.29, 0.717) is 6.42 Å². The minimum absolute atomic E-state index is 0.0321. The lowest BCUT2D eigenvalue weighted by atomic mass is 9.92. The number of nitrogens with two attached hydrogens (primary N) is 1. The van der Waals surface area contributed by atoms with E-state index < -0.39 is 11.6 Å². The minimum Gasteiger partial charge on any atom is -0.327 e. The fourth-order valence-corrected chi connectivity index (χ4v) is 2.35. The van der Waals surface area contributed by atoms with Gasteiger partial charge in [-0.25, -0.2) is 8.78 Å². The zero-order chi connectivity index (χ0) is 11.7. The van der Waals surface area contributed by atoms with E-state index in [1.807, 2.05) is 0 Å². The summed E-state index contributed by atoms with van der Waals surface area (Å²) in [4.78, 5) is 10.4. The lowest BCUT2D eigenvalue weighted by Gasteiger charge is -2.18. The average Bonchev–Trinajstić information content (AvgIpc) is 2.62. The van der Waals surface area contributed by atoms with Crippen LogP contribution < -0.4 is 5.73 Å². The van der Waals surface area contributed by atoms with Crippen molar-refractivity contribution in [2.45, 2.75) is 31.2 Å². The maximum Gasteiger partial charge on any atom is 0.159 e. The fraction of sp³-hybridized carbons (Fsp3) is 0.417. The molecule has 2 unspecified atom stereocenters. The Morgan fingerprint density at radius 2 is 2.12 bits per heavy atom. The summed E-state index contributed by atoms with van der Waals surface area (Å²) in [6, 6.07) is 2.15. The standard InChI is InChI=1S/C12H13F2NO/c13-10-5-7-1-2-8(12(15)3-4-16)9(7)6-11(10)14/h4-6,8,12H,1-3,15H2. The third-order valence-electron chi connectivity index (χ3n) is 3.19. The quantitative estimate of drug-likeness (QED) is 0.798. The number of hydrogen-bond acceptors (Lipinski definition) is 2. The van der Waals surface area contributed by atoms with Crippen molar-refractivity contribution in [1.29, 1.82) is 0 Å². The Morgan fingerprint density at radius 1 is 1.44 bits per heavy atom. The summed E-state index contributed by atoms with van der Waals surface area (Å²) in [6.07, 6.45) is 2.47. The molecule has 0 amide bonds. The average molecular weight is 225 g/mol. The van der Waals surface area contributed by atoms with Crippen molar-refractivity contribution in [3.05, 3.63) is 34.9 Å². The van der Waals surface area contributed by atoms with E-state index in [2.05, 4.69) is 0 Å². The summed E-state index contributed by atoms with van der Waals surface area (Å²) in [6.45, 7) is 0. The summed E-state index contributed by atoms with van der Waals surface area (Å²) >= 11 is 0. The Balaban J connectivity index is 2.32. The molecule has 0 spiro atoms. The van der Waals surface area contributed by atoms with Gasteiger partial charge in [-0.2, -0.15) is 0 Å². The molecule has 16 heavy (non-hydrogen) atoms. The van der Waals surface area contributed by atoms with Crippen molar-refractivity contribution in [3.63, 3.8) is 0 Å². The molecule has 0 fully saturated rings. The van der Waals surface area contributed by atoms with Crippen LogP contribution >= 0.6 is 0 Å². The highest BCUT2D eigenvalue weighted by Crippen LogP contribution is 2.36. The summed E-state index contributed by atoms with van der Waals surface area (Å²) < 4.78 is 26.1. The molecule has 2 nitrogen and oxygen atoms in total. The molecule has 0 bridgehead atoms. The van der Waals surface area contributed by atoms with Crippen LogP contribution in [0.25, 0.3) is 0 Å². The van der Waals surface area contributed by atoms with Gasteiger partial charge in [-0.15, -0.1) is 0 Å². The molecule has 1 aromatic rings. The van der Waals surface area contributed by atoms with Gasteiger partial charge in [0, 0.05) is 18.4 Å². The van der Waals surface area contributed by atoms with Gasteiger partial charge in [0.15, 0.2) is 11.6 Å². The predicted molar refractivity (Wildman–Crippen MR) is 56.1 cm³/mol. The van der Waals surface area contributed by atoms with Crippen LogP contribution in [0.1, 0.15) is 29.9 Å². The molecule has 86 valence electrons. The van der Waals surface area contributed by atoms with E-state index >= 15 is 0 Å². The van der Waals surface area contributed by atoms with E-state index in [9.17, 15) is 13.6 Å². The lowest BCUT2D eigenvalue weighted by Crippen LogP contribution is -2.27. The first-order valence-corrected chi connectivity index (χ1v) is 5.30. The molecule has 1 aliphatic carbocycles. The van der Waals surface area contributed by atoms with Crippen LogP contribution in [-0.4, -0.2) is 12.3 Å². The highest BCUT2D eigenvalue weighted by molar-refractivity contribution is 5.51. The van der Waals surface area contributed by atoms with E-state index in [-0.39, 0.29) is 18.4 Å². The largest absolute Gasteiger partial charge is 0.327 e. The van der Waals surface area contributed by atoms with E-state index in [0.717, 1.165) is 23.8 Å². The van der Waals surface area contributed by atoms with Crippen LogP contribution in [0, 0.1) is 11.6 Å². The van der Waals surface area contributed by atoms with Crippen molar-refractivity contribution in [3.8, 4) is 0 Å². The van der Waals surface area contributed by atoms with E-state index in [1.165, 1.54) is 12.1 Å². The Hall–Kier alpha value is -1.29. The van der Waals surface area contributed by atoms with Crippen molar-refractivity contribution in [1.82, 2.24) is 0 Å². The molecule has 0 saturated heterocycles. The molecule has 0 radical (unpaired) electrons. The highest BCUT2D eigenvalue weighted by atomic mass is 19.2. The molecule has 2 rings (SSSR count). The first kappa shape index (κ1) is 11.2. The molecule has 2 atom stereocenters. The lowest BCUT2D eigenvalue weighted by molar-refractivity contribution is -0.108. The summed E-state index contributed by atoms with van der Waals surface area (Å²) in [5.41, 5.74) is 7.41. The Bertz CT molecular complexity index is 420. The van der Waals surface area contributed by atoms with Crippen molar-refractivity contribution >= 4 is 6.29 Å². The maximum atomic E-state index is 13.1. The normalized spacial score (nSPS) is 20.6. The second-order valence-electron chi connectivity index (χ2n) is 4.18. The Labute approximate surface area is 92.4 Å². The van der Waals surface area contributed by atoms with Crippen LogP contribution in [-0.2, 0) is 11.2 Å². The summed E-state index contributed by atoms with van der Waals surface area (Å²) in [5, 5.41) is 0. The molecule has 1 aromatic carbocycles. The van der Waals surface area contributed by atoms with Crippen LogP contribution in [0.5, 0.6) is 0 Å². The number of carbonyl (C=O) groups is 1. The number of rotatable bonds is 3. The molecule has 0 aliphatic heterocycles. The molecule has 0 saturated carbocycles. The van der Waals surface area contributed by atoms with E-state index in [1.54, 1.807) is 0 Å². The van der Waals surface area contributed by atoms with Crippen LogP contribution in [0.15, 0.2) is 12.1 Å². The van der Waals surface area contributed by atoms with Gasteiger partial charge < -0.3 is 10.5 Å². The van der Waals surface area contributed by atoms with Gasteiger partial charge in [-0.3, -0.25) is 0 Å². The predicted octanol–water partition coefficient (Wildman–Crippen LogP) is 1.91. The fourth-order valence-electron chi connectivity index (χ4n) is 2.35. The van der Waals surface area contributed by atoms with Gasteiger partial charge in [0.2, 0.25) is 0 Å². The third-order valence-corrected chi connectivity index (χ3v) is 3.19. The molecule has 1 aliphatic rings. The van der Waals surface area contributed by atoms with Gasteiger partial charge in [0.25, 0.3) is 0 Å².